The molecule has 3 aliphatic rings. The summed E-state index contributed by atoms with van der Waals surface area (Å²) in [5.41, 5.74) is 17.3. The molecule has 1 unspecified atom stereocenters. The molecule has 2 nitrogen and oxygen atoms in total. The number of hydrogen-bond acceptors (Lipinski definition) is 2. The van der Waals surface area contributed by atoms with Crippen LogP contribution in [0.3, 0.4) is 0 Å². The number of aryl methyl sites for hydroxylation is 6. The second-order valence-electron chi connectivity index (χ2n) is 14.0. The van der Waals surface area contributed by atoms with Gasteiger partial charge >= 0.3 is 120 Å². The van der Waals surface area contributed by atoms with Crippen molar-refractivity contribution in [2.45, 2.75) is 67.9 Å². The van der Waals surface area contributed by atoms with E-state index < -0.39 is 13.5 Å². The molecule has 4 aromatic carbocycles. The molecule has 7 rings (SSSR count). The molecule has 1 atom stereocenters. The molecule has 4 aromatic rings. The summed E-state index contributed by atoms with van der Waals surface area (Å²) in [6.07, 6.45) is 12.7. The molecule has 52 heavy (non-hydrogen) atoms. The molecular formula is C46H51Cl2N2PRu. The van der Waals surface area contributed by atoms with Crippen LogP contribution in [0.1, 0.15) is 81.9 Å². The molecule has 0 aromatic heterocycles. The SMILES string of the molecule is CCP(CC)C1=CC=CCC1=C1NCC(c2c(C)cc(C)cc2C)N1c1c(C)cc(C)cc1C.[Cl][Ru]([Cl])=[C]1C(c2ccccc2)=Cc2ccccc21. The van der Waals surface area contributed by atoms with E-state index in [0.29, 0.717) is 0 Å². The molecule has 272 valence electrons. The molecule has 0 amide bonds. The van der Waals surface area contributed by atoms with E-state index in [-0.39, 0.29) is 14.0 Å². The summed E-state index contributed by atoms with van der Waals surface area (Å²) in [5.74, 6) is 1.32. The summed E-state index contributed by atoms with van der Waals surface area (Å²) in [6, 6.07) is 28.2. The van der Waals surface area contributed by atoms with E-state index in [0.717, 1.165) is 17.1 Å². The maximum absolute atomic E-state index is 6.29. The van der Waals surface area contributed by atoms with Gasteiger partial charge in [-0.1, -0.05) is 75.4 Å². The third kappa shape index (κ3) is 7.91. The average molecular weight is 835 g/mol. The second kappa shape index (κ2) is 17.0. The molecule has 0 spiro atoms. The van der Waals surface area contributed by atoms with Crippen molar-refractivity contribution in [3.8, 4) is 0 Å². The van der Waals surface area contributed by atoms with Gasteiger partial charge in [0.2, 0.25) is 0 Å². The van der Waals surface area contributed by atoms with Gasteiger partial charge in [-0.15, -0.1) is 0 Å². The van der Waals surface area contributed by atoms with Gasteiger partial charge < -0.3 is 10.2 Å². The van der Waals surface area contributed by atoms with Gasteiger partial charge in [0, 0.05) is 17.8 Å². The first-order chi connectivity index (χ1) is 25.0. The number of halogens is 2. The van der Waals surface area contributed by atoms with Crippen LogP contribution in [-0.4, -0.2) is 23.0 Å². The van der Waals surface area contributed by atoms with Crippen LogP contribution in [0.15, 0.2) is 114 Å². The van der Waals surface area contributed by atoms with Crippen LogP contribution in [-0.2, 0) is 13.5 Å². The zero-order valence-electron chi connectivity index (χ0n) is 31.7. The van der Waals surface area contributed by atoms with Crippen molar-refractivity contribution in [2.24, 2.45) is 0 Å². The third-order valence-electron chi connectivity index (χ3n) is 10.3. The van der Waals surface area contributed by atoms with Gasteiger partial charge in [-0.3, -0.25) is 0 Å². The maximum atomic E-state index is 6.29. The van der Waals surface area contributed by atoms with Crippen LogP contribution < -0.4 is 10.2 Å². The number of nitrogens with one attached hydrogen (secondary N) is 1. The van der Waals surface area contributed by atoms with E-state index in [1.54, 1.807) is 5.31 Å². The predicted octanol–water partition coefficient (Wildman–Crippen LogP) is 13.0. The number of allylic oxidation sites excluding steroid dienone is 6. The van der Waals surface area contributed by atoms with Gasteiger partial charge in [0.1, 0.15) is 5.82 Å². The van der Waals surface area contributed by atoms with E-state index in [9.17, 15) is 0 Å². The molecule has 1 N–H and O–H groups in total. The van der Waals surface area contributed by atoms with Gasteiger partial charge in [0.25, 0.3) is 0 Å². The molecule has 0 saturated carbocycles. The summed E-state index contributed by atoms with van der Waals surface area (Å²) in [5, 5.41) is 5.51. The van der Waals surface area contributed by atoms with Crippen LogP contribution in [0.2, 0.25) is 0 Å². The van der Waals surface area contributed by atoms with E-state index in [4.69, 9.17) is 19.4 Å². The molecule has 1 heterocycles. The third-order valence-corrected chi connectivity index (χ3v) is 16.1. The Balaban J connectivity index is 0.000000215. The summed E-state index contributed by atoms with van der Waals surface area (Å²) < 4.78 is 1.14. The Morgan fingerprint density at radius 3 is 2.00 bits per heavy atom. The summed E-state index contributed by atoms with van der Waals surface area (Å²) in [6.45, 7) is 19.2. The zero-order valence-corrected chi connectivity index (χ0v) is 35.9. The van der Waals surface area contributed by atoms with Crippen molar-refractivity contribution >= 4 is 48.7 Å². The number of hydrogen-bond donors (Lipinski definition) is 1. The zero-order chi connectivity index (χ0) is 37.1. The number of benzene rings is 4. The Morgan fingerprint density at radius 1 is 0.788 bits per heavy atom. The summed E-state index contributed by atoms with van der Waals surface area (Å²) >= 11 is -1.94. The molecule has 1 aliphatic heterocycles. The first-order valence-corrected chi connectivity index (χ1v) is 25.4. The minimum absolute atomic E-state index is 0.138. The fraction of sp³-hybridized carbons (Fsp3) is 0.283. The van der Waals surface area contributed by atoms with Crippen LogP contribution in [0.25, 0.3) is 11.6 Å². The molecule has 1 fully saturated rings. The van der Waals surface area contributed by atoms with Crippen LogP contribution in [0.5, 0.6) is 0 Å². The van der Waals surface area contributed by atoms with Crippen molar-refractivity contribution < 1.29 is 13.5 Å². The molecule has 0 radical (unpaired) electrons. The van der Waals surface area contributed by atoms with Crippen LogP contribution in [0.4, 0.5) is 5.69 Å². The van der Waals surface area contributed by atoms with E-state index in [2.05, 4.69) is 138 Å². The molecule has 2 aliphatic carbocycles. The van der Waals surface area contributed by atoms with Crippen molar-refractivity contribution in [3.63, 3.8) is 0 Å². The number of rotatable bonds is 6. The number of nitrogens with zero attached hydrogens (tertiary/aromatic N) is 1. The monoisotopic (exact) mass is 834 g/mol. The van der Waals surface area contributed by atoms with Crippen molar-refractivity contribution in [3.05, 3.63) is 169 Å². The van der Waals surface area contributed by atoms with Gasteiger partial charge in [-0.25, -0.2) is 0 Å². The quantitative estimate of drug-likeness (QED) is 0.154. The van der Waals surface area contributed by atoms with Crippen molar-refractivity contribution in [1.29, 1.82) is 0 Å². The Bertz CT molecular complexity index is 2090. The van der Waals surface area contributed by atoms with Gasteiger partial charge in [-0.2, -0.15) is 0 Å². The first kappa shape index (κ1) is 38.7. The predicted molar refractivity (Wildman–Crippen MR) is 228 cm³/mol. The fourth-order valence-electron chi connectivity index (χ4n) is 8.32. The number of anilines is 1. The molecular weight excluding hydrogens is 783 g/mol. The first-order valence-electron chi connectivity index (χ1n) is 18.3. The summed E-state index contributed by atoms with van der Waals surface area (Å²) in [7, 11) is 12.4. The van der Waals surface area contributed by atoms with E-state index in [1.165, 1.54) is 90.6 Å². The van der Waals surface area contributed by atoms with Crippen LogP contribution in [0, 0.1) is 41.5 Å². The molecule has 0 bridgehead atoms. The van der Waals surface area contributed by atoms with Gasteiger partial charge in [0.05, 0.1) is 6.04 Å². The Hall–Kier alpha value is -3.06. The molecule has 6 heteroatoms. The Kier molecular flexibility index (Phi) is 12.6. The minimum atomic E-state index is -1.94. The second-order valence-corrected chi connectivity index (χ2v) is 22.6. The van der Waals surface area contributed by atoms with E-state index in [1.807, 2.05) is 30.3 Å². The summed E-state index contributed by atoms with van der Waals surface area (Å²) in [4.78, 5) is 2.66. The Labute approximate surface area is 326 Å². The average Bonchev–Trinajstić information content (AvgIpc) is 3.71. The van der Waals surface area contributed by atoms with Crippen molar-refractivity contribution in [2.75, 3.05) is 23.8 Å². The van der Waals surface area contributed by atoms with Crippen molar-refractivity contribution in [1.82, 2.24) is 5.32 Å². The molecule has 1 saturated heterocycles. The van der Waals surface area contributed by atoms with E-state index >= 15 is 0 Å². The number of fused-ring (bicyclic) bond motifs is 1. The fourth-order valence-corrected chi connectivity index (χ4v) is 13.5. The van der Waals surface area contributed by atoms with Crippen LogP contribution >= 0.6 is 27.3 Å². The van der Waals surface area contributed by atoms with Gasteiger partial charge in [0.15, 0.2) is 0 Å². The van der Waals surface area contributed by atoms with Gasteiger partial charge in [-0.05, 0) is 93.4 Å². The topological polar surface area (TPSA) is 15.3 Å². The Morgan fingerprint density at radius 2 is 1.38 bits per heavy atom. The standard InChI is InChI=1S/C31H41N2P.C15H10.2ClH.Ru/c1-9-34(10-2)28-14-12-11-13-26(28)31-32-19-27(29-22(5)15-20(3)16-23(29)6)33(31)30-24(7)17-21(4)18-25(30)8;1-2-6-12(7-3-1)15-10-13-8-4-5-9-14(13)11-15;;;/h11-12,14-18,27,32H,9-10,13,19H2,1-8H3;1-10H;2*1H;/q;;;;+2/p-2. The normalized spacial score (nSPS) is 18.1.